The molecule has 112 valence electrons. The van der Waals surface area contributed by atoms with Crippen LogP contribution in [0.25, 0.3) is 0 Å². The Kier molecular flexibility index (Phi) is 4.05. The van der Waals surface area contributed by atoms with Crippen molar-refractivity contribution < 1.29 is 14.3 Å². The van der Waals surface area contributed by atoms with Crippen LogP contribution in [0.5, 0.6) is 11.5 Å². The molecule has 2 aromatic carbocycles. The molecule has 1 N–H and O–H groups in total. The maximum atomic E-state index is 12.0. The molecule has 1 heterocycles. The lowest BCUT2D eigenvalue weighted by atomic mass is 10.1. The quantitative estimate of drug-likeness (QED) is 0.697. The van der Waals surface area contributed by atoms with Gasteiger partial charge in [-0.15, -0.1) is 0 Å². The number of carbonyl (C=O) groups excluding carboxylic acids is 1. The number of hydrogen-bond donors (Lipinski definition) is 1. The SMILES string of the molecule is CCc1ccc(C=NNC(=O)c2ccc3c(c2)OCO3)cc1. The van der Waals surface area contributed by atoms with Crippen molar-refractivity contribution in [2.45, 2.75) is 13.3 Å². The van der Waals surface area contributed by atoms with Gasteiger partial charge in [0.25, 0.3) is 5.91 Å². The van der Waals surface area contributed by atoms with E-state index < -0.39 is 0 Å². The molecule has 2 aromatic rings. The third kappa shape index (κ3) is 3.09. The summed E-state index contributed by atoms with van der Waals surface area (Å²) < 4.78 is 10.5. The summed E-state index contributed by atoms with van der Waals surface area (Å²) in [5, 5.41) is 3.97. The zero-order valence-corrected chi connectivity index (χ0v) is 12.2. The number of nitrogens with zero attached hydrogens (tertiary/aromatic N) is 1. The van der Waals surface area contributed by atoms with Gasteiger partial charge >= 0.3 is 0 Å². The number of rotatable bonds is 4. The lowest BCUT2D eigenvalue weighted by molar-refractivity contribution is 0.0954. The molecule has 0 aliphatic carbocycles. The van der Waals surface area contributed by atoms with E-state index >= 15 is 0 Å². The van der Waals surface area contributed by atoms with E-state index in [4.69, 9.17) is 9.47 Å². The minimum Gasteiger partial charge on any atom is -0.454 e. The van der Waals surface area contributed by atoms with Gasteiger partial charge in [-0.05, 0) is 35.7 Å². The average Bonchev–Trinajstić information content (AvgIpc) is 3.03. The maximum absolute atomic E-state index is 12.0. The molecule has 0 spiro atoms. The number of fused-ring (bicyclic) bond motifs is 1. The molecule has 0 fully saturated rings. The second-order valence-electron chi connectivity index (χ2n) is 4.86. The first kappa shape index (κ1) is 14.1. The summed E-state index contributed by atoms with van der Waals surface area (Å²) >= 11 is 0. The smallest absolute Gasteiger partial charge is 0.271 e. The first-order chi connectivity index (χ1) is 10.8. The van der Waals surface area contributed by atoms with Gasteiger partial charge in [-0.3, -0.25) is 4.79 Å². The van der Waals surface area contributed by atoms with Crippen molar-refractivity contribution in [3.8, 4) is 11.5 Å². The molecule has 0 unspecified atom stereocenters. The maximum Gasteiger partial charge on any atom is 0.271 e. The molecule has 3 rings (SSSR count). The fourth-order valence-corrected chi connectivity index (χ4v) is 2.11. The number of ether oxygens (including phenoxy) is 2. The van der Waals surface area contributed by atoms with Crippen LogP contribution in [-0.2, 0) is 6.42 Å². The standard InChI is InChI=1S/C17H16N2O3/c1-2-12-3-5-13(6-4-12)10-18-19-17(20)14-7-8-15-16(9-14)22-11-21-15/h3-10H,2,11H2,1H3,(H,19,20). The molecule has 0 radical (unpaired) electrons. The van der Waals surface area contributed by atoms with E-state index in [1.165, 1.54) is 5.56 Å². The number of benzene rings is 2. The van der Waals surface area contributed by atoms with Crippen LogP contribution in [0.15, 0.2) is 47.6 Å². The molecule has 0 bridgehead atoms. The lowest BCUT2D eigenvalue weighted by Crippen LogP contribution is -2.17. The summed E-state index contributed by atoms with van der Waals surface area (Å²) in [6.45, 7) is 2.29. The first-order valence-corrected chi connectivity index (χ1v) is 7.08. The van der Waals surface area contributed by atoms with Gasteiger partial charge in [-0.2, -0.15) is 5.10 Å². The highest BCUT2D eigenvalue weighted by molar-refractivity contribution is 5.95. The third-order valence-electron chi connectivity index (χ3n) is 3.40. The molecule has 1 aliphatic heterocycles. The van der Waals surface area contributed by atoms with Crippen LogP contribution in [0.2, 0.25) is 0 Å². The van der Waals surface area contributed by atoms with E-state index in [9.17, 15) is 4.79 Å². The van der Waals surface area contributed by atoms with Gasteiger partial charge in [0, 0.05) is 5.56 Å². The monoisotopic (exact) mass is 296 g/mol. The second kappa shape index (κ2) is 6.30. The number of nitrogens with one attached hydrogen (secondary N) is 1. The summed E-state index contributed by atoms with van der Waals surface area (Å²) in [7, 11) is 0. The number of aryl methyl sites for hydroxylation is 1. The van der Waals surface area contributed by atoms with E-state index in [-0.39, 0.29) is 12.7 Å². The third-order valence-corrected chi connectivity index (χ3v) is 3.40. The van der Waals surface area contributed by atoms with Crippen LogP contribution in [0.4, 0.5) is 0 Å². The molecular formula is C17H16N2O3. The Balaban J connectivity index is 1.62. The van der Waals surface area contributed by atoms with Crippen molar-refractivity contribution in [1.29, 1.82) is 0 Å². The Hall–Kier alpha value is -2.82. The predicted molar refractivity (Wildman–Crippen MR) is 83.4 cm³/mol. The largest absolute Gasteiger partial charge is 0.454 e. The molecule has 0 aromatic heterocycles. The summed E-state index contributed by atoms with van der Waals surface area (Å²) in [6, 6.07) is 13.0. The number of hydrogen-bond acceptors (Lipinski definition) is 4. The first-order valence-electron chi connectivity index (χ1n) is 7.08. The zero-order chi connectivity index (χ0) is 15.4. The second-order valence-corrected chi connectivity index (χ2v) is 4.86. The minimum atomic E-state index is -0.292. The van der Waals surface area contributed by atoms with Crippen molar-refractivity contribution in [2.75, 3.05) is 6.79 Å². The Bertz CT molecular complexity index is 708. The summed E-state index contributed by atoms with van der Waals surface area (Å²) in [6.07, 6.45) is 2.61. The number of hydrazone groups is 1. The van der Waals surface area contributed by atoms with Crippen molar-refractivity contribution >= 4 is 12.1 Å². The lowest BCUT2D eigenvalue weighted by Gasteiger charge is -2.02. The van der Waals surface area contributed by atoms with Gasteiger partial charge in [-0.1, -0.05) is 31.2 Å². The fraction of sp³-hybridized carbons (Fsp3) is 0.176. The van der Waals surface area contributed by atoms with Gasteiger partial charge in [-0.25, -0.2) is 5.43 Å². The van der Waals surface area contributed by atoms with Gasteiger partial charge in [0.1, 0.15) is 0 Å². The van der Waals surface area contributed by atoms with Gasteiger partial charge < -0.3 is 9.47 Å². The van der Waals surface area contributed by atoms with E-state index in [1.807, 2.05) is 24.3 Å². The fourth-order valence-electron chi connectivity index (χ4n) is 2.11. The normalized spacial score (nSPS) is 12.6. The highest BCUT2D eigenvalue weighted by atomic mass is 16.7. The van der Waals surface area contributed by atoms with Crippen LogP contribution in [0.3, 0.4) is 0 Å². The minimum absolute atomic E-state index is 0.187. The van der Waals surface area contributed by atoms with Gasteiger partial charge in [0.05, 0.1) is 6.21 Å². The Morgan fingerprint density at radius 2 is 1.95 bits per heavy atom. The van der Waals surface area contributed by atoms with Gasteiger partial charge in [0.15, 0.2) is 11.5 Å². The predicted octanol–water partition coefficient (Wildman–Crippen LogP) is 2.74. The van der Waals surface area contributed by atoms with Crippen molar-refractivity contribution in [2.24, 2.45) is 5.10 Å². The molecule has 1 amide bonds. The van der Waals surface area contributed by atoms with Crippen LogP contribution in [0.1, 0.15) is 28.4 Å². The number of amides is 1. The highest BCUT2D eigenvalue weighted by Crippen LogP contribution is 2.32. The molecular weight excluding hydrogens is 280 g/mol. The van der Waals surface area contributed by atoms with Crippen LogP contribution in [0, 0.1) is 0 Å². The summed E-state index contributed by atoms with van der Waals surface area (Å²) in [5.74, 6) is 0.933. The van der Waals surface area contributed by atoms with E-state index in [1.54, 1.807) is 24.4 Å². The average molecular weight is 296 g/mol. The Morgan fingerprint density at radius 3 is 2.73 bits per heavy atom. The van der Waals surface area contributed by atoms with Crippen LogP contribution in [-0.4, -0.2) is 18.9 Å². The zero-order valence-electron chi connectivity index (χ0n) is 12.2. The topological polar surface area (TPSA) is 59.9 Å². The molecule has 5 nitrogen and oxygen atoms in total. The summed E-state index contributed by atoms with van der Waals surface area (Å²) in [5.41, 5.74) is 5.17. The number of carbonyl (C=O) groups is 1. The summed E-state index contributed by atoms with van der Waals surface area (Å²) in [4.78, 5) is 12.0. The van der Waals surface area contributed by atoms with E-state index in [2.05, 4.69) is 17.5 Å². The molecule has 0 saturated heterocycles. The Morgan fingerprint density at radius 1 is 1.18 bits per heavy atom. The molecule has 1 aliphatic rings. The van der Waals surface area contributed by atoms with E-state index in [0.29, 0.717) is 17.1 Å². The molecule has 0 saturated carbocycles. The van der Waals surface area contributed by atoms with Crippen molar-refractivity contribution in [3.05, 3.63) is 59.2 Å². The Labute approximate surface area is 128 Å². The molecule has 22 heavy (non-hydrogen) atoms. The van der Waals surface area contributed by atoms with Crippen LogP contribution < -0.4 is 14.9 Å². The van der Waals surface area contributed by atoms with Crippen LogP contribution >= 0.6 is 0 Å². The van der Waals surface area contributed by atoms with E-state index in [0.717, 1.165) is 12.0 Å². The highest BCUT2D eigenvalue weighted by Gasteiger charge is 2.15. The van der Waals surface area contributed by atoms with Gasteiger partial charge in [0.2, 0.25) is 6.79 Å². The molecule has 0 atom stereocenters. The van der Waals surface area contributed by atoms with Crippen molar-refractivity contribution in [1.82, 2.24) is 5.43 Å². The molecule has 5 heteroatoms. The van der Waals surface area contributed by atoms with Crippen molar-refractivity contribution in [3.63, 3.8) is 0 Å².